The first-order valence-corrected chi connectivity index (χ1v) is 17.2. The van der Waals surface area contributed by atoms with E-state index < -0.39 is 38.6 Å². The quantitative estimate of drug-likeness (QED) is 0.391. The van der Waals surface area contributed by atoms with E-state index in [1.807, 2.05) is 6.07 Å². The standard InChI is InChI=1S/C32H43F3N4O7S.2ClH/c1-23-3-4-24(16-30(23)40)15-27-20-36(5-6-37-9-14-46-28(21-37)22-44-2)7-8-39(27)31(41)25-17-26(32(33,34)35)19-29(18-25)47(42,43)38-10-12-45-13-11-38;;/h3-4,16-19,27-28,40H,5-15,20-22H2,1-2H3;2*1H/t27-,28+;;/m1../s1. The molecular weight excluding hydrogens is 712 g/mol. The summed E-state index contributed by atoms with van der Waals surface area (Å²) < 4.78 is 86.3. The number of piperazine rings is 1. The van der Waals surface area contributed by atoms with E-state index in [1.54, 1.807) is 26.2 Å². The van der Waals surface area contributed by atoms with Crippen molar-refractivity contribution in [2.75, 3.05) is 92.4 Å². The van der Waals surface area contributed by atoms with Gasteiger partial charge in [0.2, 0.25) is 10.0 Å². The first-order valence-electron chi connectivity index (χ1n) is 15.8. The molecule has 2 atom stereocenters. The van der Waals surface area contributed by atoms with Crippen molar-refractivity contribution in [3.05, 3.63) is 58.7 Å². The van der Waals surface area contributed by atoms with Crippen LogP contribution in [-0.2, 0) is 36.8 Å². The third-order valence-electron chi connectivity index (χ3n) is 8.97. The first-order chi connectivity index (χ1) is 22.3. The van der Waals surface area contributed by atoms with Crippen LogP contribution >= 0.6 is 24.8 Å². The van der Waals surface area contributed by atoms with Crippen molar-refractivity contribution in [2.45, 2.75) is 36.6 Å². The van der Waals surface area contributed by atoms with Crippen LogP contribution in [0.3, 0.4) is 0 Å². The monoisotopic (exact) mass is 756 g/mol. The van der Waals surface area contributed by atoms with Crippen LogP contribution in [0.2, 0.25) is 0 Å². The number of methoxy groups -OCH3 is 1. The Morgan fingerprint density at radius 1 is 0.959 bits per heavy atom. The molecule has 3 aliphatic heterocycles. The number of carbonyl (C=O) groups excluding carboxylic acids is 1. The van der Waals surface area contributed by atoms with Gasteiger partial charge in [0.15, 0.2) is 0 Å². The summed E-state index contributed by atoms with van der Waals surface area (Å²) in [6.07, 6.45) is -4.53. The molecule has 17 heteroatoms. The number of aromatic hydroxyl groups is 1. The fraction of sp³-hybridized carbons (Fsp3) is 0.594. The molecule has 2 aromatic carbocycles. The normalized spacial score (nSPS) is 21.5. The van der Waals surface area contributed by atoms with Crippen molar-refractivity contribution in [3.63, 3.8) is 0 Å². The Balaban J connectivity index is 0.00000325. The van der Waals surface area contributed by atoms with Gasteiger partial charge in [-0.2, -0.15) is 17.5 Å². The van der Waals surface area contributed by atoms with Crippen LogP contribution < -0.4 is 0 Å². The molecule has 49 heavy (non-hydrogen) atoms. The second-order valence-corrected chi connectivity index (χ2v) is 14.2. The summed E-state index contributed by atoms with van der Waals surface area (Å²) in [5.41, 5.74) is -0.0735. The van der Waals surface area contributed by atoms with Gasteiger partial charge >= 0.3 is 6.18 Å². The topological polar surface area (TPSA) is 112 Å². The van der Waals surface area contributed by atoms with Gasteiger partial charge in [-0.25, -0.2) is 8.42 Å². The van der Waals surface area contributed by atoms with Gasteiger partial charge in [-0.15, -0.1) is 24.8 Å². The van der Waals surface area contributed by atoms with Crippen LogP contribution in [0.4, 0.5) is 13.2 Å². The lowest BCUT2D eigenvalue weighted by molar-refractivity contribution is -0.137. The van der Waals surface area contributed by atoms with Gasteiger partial charge in [0, 0.05) is 77.6 Å². The van der Waals surface area contributed by atoms with Crippen molar-refractivity contribution in [2.24, 2.45) is 0 Å². The molecule has 0 aliphatic carbocycles. The molecule has 3 saturated heterocycles. The van der Waals surface area contributed by atoms with E-state index >= 15 is 0 Å². The zero-order valence-corrected chi connectivity index (χ0v) is 30.0. The molecule has 0 bridgehead atoms. The highest BCUT2D eigenvalue weighted by molar-refractivity contribution is 7.89. The molecule has 3 heterocycles. The Hall–Kier alpha value is -2.21. The zero-order chi connectivity index (χ0) is 33.8. The van der Waals surface area contributed by atoms with Crippen molar-refractivity contribution >= 4 is 40.7 Å². The molecule has 3 aliphatic rings. The lowest BCUT2D eigenvalue weighted by Crippen LogP contribution is -2.57. The smallest absolute Gasteiger partial charge is 0.416 e. The lowest BCUT2D eigenvalue weighted by atomic mass is 9.99. The summed E-state index contributed by atoms with van der Waals surface area (Å²) in [5, 5.41) is 10.4. The van der Waals surface area contributed by atoms with Gasteiger partial charge in [0.05, 0.1) is 43.0 Å². The van der Waals surface area contributed by atoms with E-state index in [0.29, 0.717) is 50.9 Å². The van der Waals surface area contributed by atoms with Gasteiger partial charge in [0.1, 0.15) is 5.75 Å². The number of hydrogen-bond donors (Lipinski definition) is 1. The molecule has 11 nitrogen and oxygen atoms in total. The predicted molar refractivity (Wildman–Crippen MR) is 181 cm³/mol. The number of sulfonamides is 1. The number of halogens is 5. The van der Waals surface area contributed by atoms with Crippen molar-refractivity contribution in [1.29, 1.82) is 0 Å². The van der Waals surface area contributed by atoms with E-state index in [1.165, 1.54) is 4.90 Å². The van der Waals surface area contributed by atoms with E-state index in [-0.39, 0.29) is 75.1 Å². The van der Waals surface area contributed by atoms with E-state index in [4.69, 9.17) is 14.2 Å². The highest BCUT2D eigenvalue weighted by Crippen LogP contribution is 2.33. The molecule has 0 spiro atoms. The molecule has 0 saturated carbocycles. The fourth-order valence-electron chi connectivity index (χ4n) is 6.31. The maximum Gasteiger partial charge on any atom is 0.416 e. The molecule has 1 N–H and O–H groups in total. The van der Waals surface area contributed by atoms with Crippen LogP contribution in [-0.4, -0.2) is 143 Å². The molecule has 0 unspecified atom stereocenters. The molecule has 5 rings (SSSR count). The number of phenols is 1. The average Bonchev–Trinajstić information content (AvgIpc) is 3.05. The van der Waals surface area contributed by atoms with Crippen molar-refractivity contribution < 1.29 is 45.7 Å². The number of aryl methyl sites for hydroxylation is 1. The van der Waals surface area contributed by atoms with Crippen LogP contribution in [0.5, 0.6) is 5.75 Å². The third-order valence-corrected chi connectivity index (χ3v) is 10.8. The number of amides is 1. The molecular formula is C32H45Cl2F3N4O7S. The van der Waals surface area contributed by atoms with Gasteiger partial charge < -0.3 is 24.2 Å². The number of hydrogen-bond acceptors (Lipinski definition) is 9. The van der Waals surface area contributed by atoms with Crippen molar-refractivity contribution in [3.8, 4) is 5.75 Å². The van der Waals surface area contributed by atoms with E-state index in [0.717, 1.165) is 41.6 Å². The Bertz CT molecular complexity index is 1510. The average molecular weight is 758 g/mol. The maximum atomic E-state index is 14.1. The van der Waals surface area contributed by atoms with Gasteiger partial charge in [-0.05, 0) is 48.7 Å². The van der Waals surface area contributed by atoms with Crippen LogP contribution in [0.25, 0.3) is 0 Å². The van der Waals surface area contributed by atoms with Crippen LogP contribution in [0.1, 0.15) is 27.0 Å². The number of carbonyl (C=O) groups is 1. The number of alkyl halides is 3. The lowest BCUT2D eigenvalue weighted by Gasteiger charge is -2.43. The third kappa shape index (κ3) is 10.4. The molecule has 3 fully saturated rings. The Kier molecular flexibility index (Phi) is 15.0. The minimum Gasteiger partial charge on any atom is -0.508 e. The second-order valence-electron chi connectivity index (χ2n) is 12.3. The number of benzene rings is 2. The summed E-state index contributed by atoms with van der Waals surface area (Å²) in [5.74, 6) is -0.562. The summed E-state index contributed by atoms with van der Waals surface area (Å²) in [4.78, 5) is 19.6. The minimum atomic E-state index is -4.87. The van der Waals surface area contributed by atoms with Crippen LogP contribution in [0, 0.1) is 6.92 Å². The molecule has 1 amide bonds. The number of rotatable bonds is 10. The van der Waals surface area contributed by atoms with Crippen molar-refractivity contribution in [1.82, 2.24) is 19.0 Å². The predicted octanol–water partition coefficient (Wildman–Crippen LogP) is 3.30. The fourth-order valence-corrected chi connectivity index (χ4v) is 7.79. The largest absolute Gasteiger partial charge is 0.508 e. The number of phenolic OH excluding ortho intramolecular Hbond substituents is 1. The maximum absolute atomic E-state index is 14.1. The number of nitrogens with zero attached hydrogens (tertiary/aromatic N) is 4. The van der Waals surface area contributed by atoms with Crippen LogP contribution in [0.15, 0.2) is 41.3 Å². The highest BCUT2D eigenvalue weighted by atomic mass is 35.5. The molecule has 0 aromatic heterocycles. The Labute approximate surface area is 298 Å². The Morgan fingerprint density at radius 2 is 1.65 bits per heavy atom. The summed E-state index contributed by atoms with van der Waals surface area (Å²) in [6.45, 7) is 7.34. The second kappa shape index (κ2) is 17.8. The Morgan fingerprint density at radius 3 is 2.31 bits per heavy atom. The molecule has 0 radical (unpaired) electrons. The van der Waals surface area contributed by atoms with E-state index in [2.05, 4.69) is 9.80 Å². The van der Waals surface area contributed by atoms with E-state index in [9.17, 15) is 31.5 Å². The van der Waals surface area contributed by atoms with Gasteiger partial charge in [0.25, 0.3) is 5.91 Å². The number of morpholine rings is 2. The molecule has 276 valence electrons. The summed E-state index contributed by atoms with van der Waals surface area (Å²) in [7, 11) is -2.67. The zero-order valence-electron chi connectivity index (χ0n) is 27.6. The molecule has 2 aromatic rings. The SMILES string of the molecule is COC[C@@H]1CN(CCN2CCN(C(=O)c3cc(C(F)(F)F)cc(S(=O)(=O)N4CCOCC4)c3)[C@H](Cc3ccc(C)c(O)c3)C2)CCO1.Cl.Cl. The van der Waals surface area contributed by atoms with Gasteiger partial charge in [-0.3, -0.25) is 14.6 Å². The highest BCUT2D eigenvalue weighted by Gasteiger charge is 2.37. The number of ether oxygens (including phenoxy) is 3. The summed E-state index contributed by atoms with van der Waals surface area (Å²) in [6, 6.07) is 7.21. The minimum absolute atomic E-state index is 0. The summed E-state index contributed by atoms with van der Waals surface area (Å²) >= 11 is 0. The van der Waals surface area contributed by atoms with Gasteiger partial charge in [-0.1, -0.05) is 12.1 Å². The first kappa shape index (κ1) is 41.2.